The van der Waals surface area contributed by atoms with Crippen LogP contribution < -0.4 is 5.73 Å². The second-order valence-corrected chi connectivity index (χ2v) is 12.4. The Bertz CT molecular complexity index is 1200. The van der Waals surface area contributed by atoms with E-state index in [0.717, 1.165) is 0 Å². The molecule has 2 N–H and O–H groups in total. The van der Waals surface area contributed by atoms with E-state index in [4.69, 9.17) is 24.3 Å². The minimum Gasteiger partial charge on any atom is -0.382 e. The third-order valence-corrected chi connectivity index (χ3v) is 8.84. The molecule has 3 aliphatic rings. The maximum Gasteiger partial charge on any atom is 0.331 e. The lowest BCUT2D eigenvalue weighted by Gasteiger charge is -2.40. The average molecular weight is 490 g/mol. The first-order valence-electron chi connectivity index (χ1n) is 11.7. The van der Waals surface area contributed by atoms with Crippen molar-refractivity contribution >= 4 is 24.6 Å². The molecule has 2 aromatic heterocycles. The molecule has 1 saturated heterocycles. The van der Waals surface area contributed by atoms with Crippen LogP contribution in [0.25, 0.3) is 11.2 Å². The van der Waals surface area contributed by atoms with E-state index in [1.165, 1.54) is 6.33 Å². The molecule has 2 aliphatic carbocycles. The first-order chi connectivity index (χ1) is 15.9. The van der Waals surface area contributed by atoms with Crippen LogP contribution in [-0.4, -0.2) is 55.9 Å². The van der Waals surface area contributed by atoms with E-state index in [2.05, 4.69) is 26.8 Å². The molecule has 5 atom stereocenters. The predicted octanol–water partition coefficient (Wildman–Crippen LogP) is 3.54. The standard InChI is InChI=1S/C23H32N5O5P/c1-13(2)32-34(29,33-14(3)4)10-9-23-8-7-15(23)17(18-19(23)31-22(5,6)30-18)28-12-27-16-20(24)25-11-26-21(16)28/h11-15,17-19H,9-10H2,1-6H3,(H2,24,25,26)/t15?,17-,18+,19+,23+/m1/s1. The molecule has 5 rings (SSSR count). The highest BCUT2D eigenvalue weighted by atomic mass is 31.2. The van der Waals surface area contributed by atoms with Crippen LogP contribution in [-0.2, 0) is 23.1 Å². The largest absolute Gasteiger partial charge is 0.382 e. The highest BCUT2D eigenvalue weighted by Crippen LogP contribution is 2.63. The van der Waals surface area contributed by atoms with Gasteiger partial charge in [-0.05, 0) is 48.0 Å². The third kappa shape index (κ3) is 3.75. The van der Waals surface area contributed by atoms with Crippen molar-refractivity contribution in [1.82, 2.24) is 19.5 Å². The molecule has 1 saturated carbocycles. The van der Waals surface area contributed by atoms with E-state index in [1.807, 2.05) is 46.1 Å². The molecule has 3 heterocycles. The molecule has 0 amide bonds. The first-order valence-corrected chi connectivity index (χ1v) is 13.4. The van der Waals surface area contributed by atoms with Gasteiger partial charge in [0.1, 0.15) is 24.1 Å². The number of nitrogens with zero attached hydrogens (tertiary/aromatic N) is 4. The van der Waals surface area contributed by atoms with Gasteiger partial charge in [-0.15, -0.1) is 0 Å². The van der Waals surface area contributed by atoms with Crippen molar-refractivity contribution < 1.29 is 23.1 Å². The third-order valence-electron chi connectivity index (χ3n) is 6.58. The summed E-state index contributed by atoms with van der Waals surface area (Å²) >= 11 is 0. The number of nitrogen functional groups attached to an aromatic ring is 1. The van der Waals surface area contributed by atoms with Gasteiger partial charge in [-0.25, -0.2) is 15.0 Å². The van der Waals surface area contributed by atoms with Crippen LogP contribution in [0.1, 0.15) is 54.0 Å². The minimum absolute atomic E-state index is 0.0984. The second kappa shape index (κ2) is 8.00. The van der Waals surface area contributed by atoms with Crippen molar-refractivity contribution in [1.29, 1.82) is 0 Å². The Kier molecular flexibility index (Phi) is 5.58. The number of rotatable bonds is 8. The molecule has 0 radical (unpaired) electrons. The second-order valence-electron chi connectivity index (χ2n) is 10.3. The molecular formula is C23H32N5O5P. The van der Waals surface area contributed by atoms with Crippen molar-refractivity contribution in [2.24, 2.45) is 11.3 Å². The van der Waals surface area contributed by atoms with Gasteiger partial charge in [-0.2, -0.15) is 0 Å². The van der Waals surface area contributed by atoms with Crippen LogP contribution in [0.2, 0.25) is 0 Å². The quantitative estimate of drug-likeness (QED) is 0.438. The number of hydrogen-bond donors (Lipinski definition) is 1. The van der Waals surface area contributed by atoms with Crippen molar-refractivity contribution in [3.05, 3.63) is 12.7 Å². The Hall–Kier alpha value is -2.02. The van der Waals surface area contributed by atoms with Crippen LogP contribution in [0, 0.1) is 23.2 Å². The molecule has 1 aliphatic heterocycles. The summed E-state index contributed by atoms with van der Waals surface area (Å²) < 4.78 is 40.0. The van der Waals surface area contributed by atoms with Gasteiger partial charge in [0.15, 0.2) is 17.3 Å². The number of fused-ring (bicyclic) bond motifs is 4. The zero-order valence-corrected chi connectivity index (χ0v) is 21.3. The van der Waals surface area contributed by atoms with Crippen molar-refractivity contribution in [3.63, 3.8) is 0 Å². The van der Waals surface area contributed by atoms with Crippen LogP contribution in [0.5, 0.6) is 0 Å². The van der Waals surface area contributed by atoms with Gasteiger partial charge in [0, 0.05) is 0 Å². The van der Waals surface area contributed by atoms with E-state index in [9.17, 15) is 4.57 Å². The molecule has 184 valence electrons. The summed E-state index contributed by atoms with van der Waals surface area (Å²) in [4.78, 5) is 12.9. The van der Waals surface area contributed by atoms with Gasteiger partial charge in [-0.3, -0.25) is 4.57 Å². The monoisotopic (exact) mass is 489 g/mol. The molecule has 0 aromatic carbocycles. The molecule has 1 unspecified atom stereocenters. The zero-order chi connectivity index (χ0) is 24.5. The smallest absolute Gasteiger partial charge is 0.331 e. The van der Waals surface area contributed by atoms with Gasteiger partial charge in [0.25, 0.3) is 0 Å². The Labute approximate surface area is 199 Å². The summed E-state index contributed by atoms with van der Waals surface area (Å²) in [5, 5.41) is 0. The zero-order valence-electron chi connectivity index (χ0n) is 20.4. The number of imidazole rings is 1. The van der Waals surface area contributed by atoms with E-state index in [1.54, 1.807) is 6.33 Å². The fourth-order valence-electron chi connectivity index (χ4n) is 5.47. The average Bonchev–Trinajstić information content (AvgIpc) is 3.29. The van der Waals surface area contributed by atoms with Crippen molar-refractivity contribution in [2.45, 2.75) is 84.2 Å². The molecule has 2 aromatic rings. The Balaban J connectivity index is 1.50. The maximum absolute atomic E-state index is 13.6. The molecule has 10 nitrogen and oxygen atoms in total. The van der Waals surface area contributed by atoms with Gasteiger partial charge < -0.3 is 28.8 Å². The minimum atomic E-state index is -3.33. The fourth-order valence-corrected chi connectivity index (χ4v) is 7.66. The van der Waals surface area contributed by atoms with E-state index in [-0.39, 0.29) is 42.5 Å². The maximum atomic E-state index is 13.6. The van der Waals surface area contributed by atoms with Crippen LogP contribution in [0.15, 0.2) is 12.7 Å². The van der Waals surface area contributed by atoms with Gasteiger partial charge in [-0.1, -0.05) is 11.8 Å². The van der Waals surface area contributed by atoms with Crippen molar-refractivity contribution in [3.8, 4) is 11.8 Å². The fraction of sp³-hybridized carbons (Fsp3) is 0.696. The lowest BCUT2D eigenvalue weighted by Crippen LogP contribution is -2.43. The normalized spacial score (nSPS) is 31.4. The molecule has 34 heavy (non-hydrogen) atoms. The highest BCUT2D eigenvalue weighted by Gasteiger charge is 2.69. The Morgan fingerprint density at radius 3 is 2.50 bits per heavy atom. The van der Waals surface area contributed by atoms with Gasteiger partial charge in [0.05, 0.1) is 42.1 Å². The number of ether oxygens (including phenoxy) is 2. The summed E-state index contributed by atoms with van der Waals surface area (Å²) in [7, 11) is -3.33. The van der Waals surface area contributed by atoms with Gasteiger partial charge >= 0.3 is 7.60 Å². The van der Waals surface area contributed by atoms with E-state index >= 15 is 0 Å². The number of anilines is 1. The number of hydrogen-bond acceptors (Lipinski definition) is 9. The number of nitrogens with two attached hydrogens (primary N) is 1. The van der Waals surface area contributed by atoms with Crippen LogP contribution >= 0.6 is 7.60 Å². The molecular weight excluding hydrogens is 457 g/mol. The summed E-state index contributed by atoms with van der Waals surface area (Å²) in [6.07, 6.45) is 2.85. The highest BCUT2D eigenvalue weighted by molar-refractivity contribution is 7.53. The molecule has 0 spiro atoms. The molecule has 11 heteroatoms. The topological polar surface area (TPSA) is 124 Å². The number of aromatic nitrogens is 4. The predicted molar refractivity (Wildman–Crippen MR) is 126 cm³/mol. The van der Waals surface area contributed by atoms with E-state index < -0.39 is 18.8 Å². The summed E-state index contributed by atoms with van der Waals surface area (Å²) in [6.45, 7) is 11.2. The first kappa shape index (κ1) is 23.7. The van der Waals surface area contributed by atoms with Crippen molar-refractivity contribution in [2.75, 3.05) is 11.9 Å². The lowest BCUT2D eigenvalue weighted by atomic mass is 9.68. The van der Waals surface area contributed by atoms with Crippen LogP contribution in [0.4, 0.5) is 5.82 Å². The summed E-state index contributed by atoms with van der Waals surface area (Å²) in [6, 6.07) is -0.191. The summed E-state index contributed by atoms with van der Waals surface area (Å²) in [5.41, 5.74) is 6.65. The summed E-state index contributed by atoms with van der Waals surface area (Å²) in [5.74, 6) is 6.17. The van der Waals surface area contributed by atoms with E-state index in [0.29, 0.717) is 23.4 Å². The molecule has 2 fully saturated rings. The Morgan fingerprint density at radius 2 is 1.88 bits per heavy atom. The van der Waals surface area contributed by atoms with Gasteiger partial charge in [0.2, 0.25) is 0 Å². The lowest BCUT2D eigenvalue weighted by molar-refractivity contribution is -0.170. The SMILES string of the molecule is CC(C)OP(=O)(CC[C@@]12C#CC1[C@@H](n1cnc3c(N)ncnc31)[C@@H]1OC(C)(C)O[C@@H]12)OC(C)C. The van der Waals surface area contributed by atoms with Crippen LogP contribution in [0.3, 0.4) is 0 Å². The molecule has 0 bridgehead atoms. The Morgan fingerprint density at radius 1 is 1.18 bits per heavy atom.